The Bertz CT molecular complexity index is 150. The Kier molecular flexibility index (Phi) is 8.57. The molecule has 0 bridgehead atoms. The van der Waals surface area contributed by atoms with E-state index in [4.69, 9.17) is 9.84 Å². The molecule has 0 aliphatic carbocycles. The van der Waals surface area contributed by atoms with Crippen LogP contribution in [0.4, 0.5) is 0 Å². The van der Waals surface area contributed by atoms with Crippen LogP contribution in [0, 0.1) is 0 Å². The van der Waals surface area contributed by atoms with Crippen LogP contribution < -0.4 is 5.32 Å². The highest BCUT2D eigenvalue weighted by molar-refractivity contribution is 5.73. The average Bonchev–Trinajstić information content (AvgIpc) is 2.16. The van der Waals surface area contributed by atoms with Crippen molar-refractivity contribution in [2.75, 3.05) is 20.3 Å². The van der Waals surface area contributed by atoms with E-state index in [9.17, 15) is 4.79 Å². The minimum absolute atomic E-state index is 0.248. The molecule has 1 atom stereocenters. The number of carbonyl (C=O) groups is 1. The number of hydrogen-bond acceptors (Lipinski definition) is 3. The molecular weight excluding hydrogens is 182 g/mol. The standard InChI is InChI=1S/C10H21NO3/c1-3-4-5-6-7-14-8-9(11-2)10(12)13/h9,11H,3-8H2,1-2H3,(H,12,13). The molecule has 4 heteroatoms. The normalized spacial score (nSPS) is 12.7. The fraction of sp³-hybridized carbons (Fsp3) is 0.900. The van der Waals surface area contributed by atoms with Gasteiger partial charge in [-0.1, -0.05) is 26.2 Å². The minimum atomic E-state index is -0.860. The third-order valence-electron chi connectivity index (χ3n) is 2.07. The maximum atomic E-state index is 10.6. The van der Waals surface area contributed by atoms with Crippen molar-refractivity contribution in [2.45, 2.75) is 38.6 Å². The van der Waals surface area contributed by atoms with E-state index >= 15 is 0 Å². The highest BCUT2D eigenvalue weighted by Gasteiger charge is 2.13. The number of ether oxygens (including phenoxy) is 1. The van der Waals surface area contributed by atoms with Crippen LogP contribution in [0.15, 0.2) is 0 Å². The summed E-state index contributed by atoms with van der Waals surface area (Å²) in [6.07, 6.45) is 4.60. The number of hydrogen-bond donors (Lipinski definition) is 2. The third kappa shape index (κ3) is 6.86. The van der Waals surface area contributed by atoms with Gasteiger partial charge in [-0.15, -0.1) is 0 Å². The number of carboxylic acids is 1. The zero-order valence-corrected chi connectivity index (χ0v) is 9.08. The monoisotopic (exact) mass is 203 g/mol. The molecule has 14 heavy (non-hydrogen) atoms. The summed E-state index contributed by atoms with van der Waals surface area (Å²) < 4.78 is 5.25. The fourth-order valence-corrected chi connectivity index (χ4v) is 1.11. The molecule has 0 aliphatic heterocycles. The van der Waals surface area contributed by atoms with Gasteiger partial charge in [0.05, 0.1) is 6.61 Å². The summed E-state index contributed by atoms with van der Waals surface area (Å²) >= 11 is 0. The lowest BCUT2D eigenvalue weighted by Gasteiger charge is -2.11. The Morgan fingerprint density at radius 3 is 2.64 bits per heavy atom. The van der Waals surface area contributed by atoms with Crippen LogP contribution in [0.1, 0.15) is 32.6 Å². The first-order valence-electron chi connectivity index (χ1n) is 5.20. The second-order valence-corrected chi connectivity index (χ2v) is 3.32. The number of likely N-dealkylation sites (N-methyl/N-ethyl adjacent to an activating group) is 1. The second kappa shape index (κ2) is 8.97. The lowest BCUT2D eigenvalue weighted by Crippen LogP contribution is -2.38. The van der Waals surface area contributed by atoms with Crippen molar-refractivity contribution in [1.29, 1.82) is 0 Å². The Hall–Kier alpha value is -0.610. The summed E-state index contributed by atoms with van der Waals surface area (Å²) in [5.74, 6) is -0.860. The van der Waals surface area contributed by atoms with Gasteiger partial charge in [0.1, 0.15) is 6.04 Å². The Morgan fingerprint density at radius 1 is 1.43 bits per heavy atom. The highest BCUT2D eigenvalue weighted by atomic mass is 16.5. The van der Waals surface area contributed by atoms with Gasteiger partial charge < -0.3 is 15.2 Å². The van der Waals surface area contributed by atoms with Gasteiger partial charge in [-0.2, -0.15) is 0 Å². The van der Waals surface area contributed by atoms with Crippen molar-refractivity contribution >= 4 is 5.97 Å². The van der Waals surface area contributed by atoms with Crippen molar-refractivity contribution in [1.82, 2.24) is 5.32 Å². The van der Waals surface area contributed by atoms with Crippen LogP contribution in [0.5, 0.6) is 0 Å². The number of aliphatic carboxylic acids is 1. The molecule has 0 fully saturated rings. The largest absolute Gasteiger partial charge is 0.480 e. The molecule has 0 heterocycles. The van der Waals surface area contributed by atoms with E-state index in [0.29, 0.717) is 6.61 Å². The molecule has 0 aromatic rings. The van der Waals surface area contributed by atoms with Crippen molar-refractivity contribution < 1.29 is 14.6 Å². The molecule has 0 aromatic carbocycles. The minimum Gasteiger partial charge on any atom is -0.480 e. The zero-order chi connectivity index (χ0) is 10.8. The van der Waals surface area contributed by atoms with Crippen molar-refractivity contribution in [3.8, 4) is 0 Å². The van der Waals surface area contributed by atoms with Crippen molar-refractivity contribution in [2.24, 2.45) is 0 Å². The van der Waals surface area contributed by atoms with Gasteiger partial charge >= 0.3 is 5.97 Å². The van der Waals surface area contributed by atoms with Gasteiger partial charge in [0.15, 0.2) is 0 Å². The van der Waals surface area contributed by atoms with Crippen LogP contribution in [0.3, 0.4) is 0 Å². The smallest absolute Gasteiger partial charge is 0.323 e. The maximum Gasteiger partial charge on any atom is 0.323 e. The van der Waals surface area contributed by atoms with Gasteiger partial charge in [0.25, 0.3) is 0 Å². The van der Waals surface area contributed by atoms with Crippen LogP contribution in [0.25, 0.3) is 0 Å². The van der Waals surface area contributed by atoms with E-state index < -0.39 is 12.0 Å². The topological polar surface area (TPSA) is 58.6 Å². The number of carboxylic acid groups (broad SMARTS) is 1. The van der Waals surface area contributed by atoms with Crippen LogP contribution in [-0.2, 0) is 9.53 Å². The lowest BCUT2D eigenvalue weighted by molar-refractivity contribution is -0.140. The molecule has 0 saturated heterocycles. The Morgan fingerprint density at radius 2 is 2.14 bits per heavy atom. The van der Waals surface area contributed by atoms with Gasteiger partial charge in [0.2, 0.25) is 0 Å². The first-order valence-corrected chi connectivity index (χ1v) is 5.20. The lowest BCUT2D eigenvalue weighted by atomic mass is 10.2. The average molecular weight is 203 g/mol. The highest BCUT2D eigenvalue weighted by Crippen LogP contribution is 1.99. The van der Waals surface area contributed by atoms with E-state index in [2.05, 4.69) is 12.2 Å². The van der Waals surface area contributed by atoms with Crippen molar-refractivity contribution in [3.63, 3.8) is 0 Å². The first kappa shape index (κ1) is 13.4. The quantitative estimate of drug-likeness (QED) is 0.554. The summed E-state index contributed by atoms with van der Waals surface area (Å²) in [4.78, 5) is 10.6. The zero-order valence-electron chi connectivity index (χ0n) is 9.08. The summed E-state index contributed by atoms with van der Waals surface area (Å²) in [5, 5.41) is 11.4. The molecule has 0 aromatic heterocycles. The van der Waals surface area contributed by atoms with Crippen LogP contribution in [-0.4, -0.2) is 37.4 Å². The van der Waals surface area contributed by atoms with E-state index in [1.165, 1.54) is 12.8 Å². The molecular formula is C10H21NO3. The van der Waals surface area contributed by atoms with E-state index in [0.717, 1.165) is 12.8 Å². The molecule has 1 unspecified atom stereocenters. The third-order valence-corrected chi connectivity index (χ3v) is 2.07. The van der Waals surface area contributed by atoms with Crippen LogP contribution >= 0.6 is 0 Å². The predicted molar refractivity (Wildman–Crippen MR) is 55.4 cm³/mol. The second-order valence-electron chi connectivity index (χ2n) is 3.32. The van der Waals surface area contributed by atoms with Gasteiger partial charge in [0, 0.05) is 6.61 Å². The van der Waals surface area contributed by atoms with Gasteiger partial charge in [-0.3, -0.25) is 4.79 Å². The Balaban J connectivity index is 3.29. The SMILES string of the molecule is CCCCCCOCC(NC)C(=O)O. The number of unbranched alkanes of at least 4 members (excludes halogenated alkanes) is 3. The maximum absolute atomic E-state index is 10.6. The van der Waals surface area contributed by atoms with Crippen molar-refractivity contribution in [3.05, 3.63) is 0 Å². The molecule has 0 spiro atoms. The first-order chi connectivity index (χ1) is 6.72. The molecule has 4 nitrogen and oxygen atoms in total. The fourth-order valence-electron chi connectivity index (χ4n) is 1.11. The molecule has 84 valence electrons. The molecule has 0 radical (unpaired) electrons. The van der Waals surface area contributed by atoms with E-state index in [1.54, 1.807) is 7.05 Å². The summed E-state index contributed by atoms with van der Waals surface area (Å²) in [7, 11) is 1.62. The summed E-state index contributed by atoms with van der Waals surface area (Å²) in [6, 6.07) is -0.582. The molecule has 0 amide bonds. The number of nitrogens with one attached hydrogen (secondary N) is 1. The summed E-state index contributed by atoms with van der Waals surface area (Å²) in [6.45, 7) is 3.06. The summed E-state index contributed by atoms with van der Waals surface area (Å²) in [5.41, 5.74) is 0. The molecule has 0 saturated carbocycles. The predicted octanol–water partition coefficient (Wildman–Crippen LogP) is 1.26. The van der Waals surface area contributed by atoms with E-state index in [-0.39, 0.29) is 6.61 Å². The van der Waals surface area contributed by atoms with Crippen LogP contribution in [0.2, 0.25) is 0 Å². The van der Waals surface area contributed by atoms with E-state index in [1.807, 2.05) is 0 Å². The Labute approximate surface area is 85.6 Å². The molecule has 0 aliphatic rings. The van der Waals surface area contributed by atoms with Gasteiger partial charge in [-0.25, -0.2) is 0 Å². The molecule has 2 N–H and O–H groups in total. The number of rotatable bonds is 9. The van der Waals surface area contributed by atoms with Gasteiger partial charge in [-0.05, 0) is 13.5 Å². The molecule has 0 rings (SSSR count).